The van der Waals surface area contributed by atoms with Gasteiger partial charge in [0.1, 0.15) is 5.75 Å². The van der Waals surface area contributed by atoms with Crippen LogP contribution in [0.3, 0.4) is 0 Å². The number of nitrogens with one attached hydrogen (secondary N) is 2. The van der Waals surface area contributed by atoms with Crippen molar-refractivity contribution in [2.45, 2.75) is 6.92 Å². The number of ether oxygens (including phenoxy) is 2. The lowest BCUT2D eigenvalue weighted by molar-refractivity contribution is 0.122. The van der Waals surface area contributed by atoms with E-state index in [-0.39, 0.29) is 11.8 Å². The number of morpholine rings is 1. The third kappa shape index (κ3) is 7.51. The van der Waals surface area contributed by atoms with E-state index in [4.69, 9.17) is 9.47 Å². The van der Waals surface area contributed by atoms with Crippen LogP contribution < -0.4 is 25.4 Å². The van der Waals surface area contributed by atoms with E-state index in [0.29, 0.717) is 32.0 Å². The van der Waals surface area contributed by atoms with Gasteiger partial charge in [-0.3, -0.25) is 15.4 Å². The van der Waals surface area contributed by atoms with Gasteiger partial charge in [0.25, 0.3) is 0 Å². The summed E-state index contributed by atoms with van der Waals surface area (Å²) >= 11 is 0. The molecule has 0 radical (unpaired) electrons. The number of methoxy groups -OCH3 is 1. The highest BCUT2D eigenvalue weighted by atomic mass is 19.1. The van der Waals surface area contributed by atoms with E-state index in [1.54, 1.807) is 19.4 Å². The fraction of sp³-hybridized carbons (Fsp3) is 0.333. The van der Waals surface area contributed by atoms with Crippen LogP contribution >= 0.6 is 0 Å². The molecule has 2 aromatic rings. The molecule has 1 aromatic carbocycles. The summed E-state index contributed by atoms with van der Waals surface area (Å²) in [7, 11) is 5.55. The molecule has 2 N–H and O–H groups in total. The van der Waals surface area contributed by atoms with Crippen molar-refractivity contribution in [1.29, 1.82) is 0 Å². The van der Waals surface area contributed by atoms with Crippen LogP contribution in [0.1, 0.15) is 6.92 Å². The first kappa shape index (κ1) is 25.6. The molecule has 0 spiro atoms. The molecule has 1 saturated heterocycles. The van der Waals surface area contributed by atoms with Crippen molar-refractivity contribution in [3.05, 3.63) is 54.3 Å². The minimum Gasteiger partial charge on any atom is -0.497 e. The monoisotopic (exact) mass is 482 g/mol. The van der Waals surface area contributed by atoms with E-state index < -0.39 is 5.82 Å². The number of rotatable bonds is 10. The van der Waals surface area contributed by atoms with Crippen LogP contribution in [-0.4, -0.2) is 69.9 Å². The van der Waals surface area contributed by atoms with Gasteiger partial charge in [-0.2, -0.15) is 4.98 Å². The molecule has 0 saturated carbocycles. The zero-order valence-electron chi connectivity index (χ0n) is 20.5. The van der Waals surface area contributed by atoms with Gasteiger partial charge in [-0.25, -0.2) is 9.37 Å². The average Bonchev–Trinajstić information content (AvgIpc) is 2.87. The highest BCUT2D eigenvalue weighted by molar-refractivity contribution is 5.95. The summed E-state index contributed by atoms with van der Waals surface area (Å²) in [5.41, 5.74) is 8.76. The Balaban J connectivity index is 1.65. The van der Waals surface area contributed by atoms with Crippen LogP contribution in [0.25, 0.3) is 0 Å². The molecule has 1 aliphatic rings. The number of aromatic nitrogens is 2. The molecule has 11 heteroatoms. The summed E-state index contributed by atoms with van der Waals surface area (Å²) in [6.45, 7) is 7.69. The van der Waals surface area contributed by atoms with Gasteiger partial charge in [0.05, 0.1) is 37.9 Å². The molecular weight excluding hydrogens is 451 g/mol. The topological polar surface area (TPSA) is 99.5 Å². The molecule has 0 amide bonds. The minimum atomic E-state index is -0.479. The Morgan fingerprint density at radius 3 is 2.71 bits per heavy atom. The molecule has 35 heavy (non-hydrogen) atoms. The average molecular weight is 483 g/mol. The number of benzene rings is 1. The lowest BCUT2D eigenvalue weighted by Crippen LogP contribution is -2.37. The maximum atomic E-state index is 14.2. The predicted octanol–water partition coefficient (Wildman–Crippen LogP) is 3.33. The van der Waals surface area contributed by atoms with E-state index in [0.717, 1.165) is 29.0 Å². The maximum Gasteiger partial charge on any atom is 0.243 e. The quantitative estimate of drug-likeness (QED) is 0.302. The van der Waals surface area contributed by atoms with Crippen LogP contribution in [0.4, 0.5) is 27.5 Å². The zero-order chi connectivity index (χ0) is 25.2. The smallest absolute Gasteiger partial charge is 0.243 e. The number of hydrazine groups is 1. The molecule has 2 heterocycles. The minimum absolute atomic E-state index is 0.226. The second-order valence-electron chi connectivity index (χ2n) is 7.83. The Kier molecular flexibility index (Phi) is 9.13. The third-order valence-electron chi connectivity index (χ3n) is 5.05. The van der Waals surface area contributed by atoms with E-state index in [2.05, 4.69) is 37.5 Å². The van der Waals surface area contributed by atoms with Crippen molar-refractivity contribution < 1.29 is 13.9 Å². The molecule has 0 unspecified atom stereocenters. The van der Waals surface area contributed by atoms with Crippen LogP contribution in [0.5, 0.6) is 5.75 Å². The molecule has 10 nitrogen and oxygen atoms in total. The molecule has 1 fully saturated rings. The molecule has 186 valence electrons. The number of aliphatic imine (C=N–C) groups is 2. The van der Waals surface area contributed by atoms with Crippen LogP contribution in [0, 0.1) is 5.82 Å². The van der Waals surface area contributed by atoms with E-state index in [1.165, 1.54) is 0 Å². The van der Waals surface area contributed by atoms with E-state index in [9.17, 15) is 4.39 Å². The summed E-state index contributed by atoms with van der Waals surface area (Å²) in [6.07, 6.45) is 6.31. The summed E-state index contributed by atoms with van der Waals surface area (Å²) in [6, 6.07) is 5.79. The van der Waals surface area contributed by atoms with E-state index in [1.807, 2.05) is 55.1 Å². The van der Waals surface area contributed by atoms with Crippen molar-refractivity contribution in [3.8, 4) is 5.75 Å². The van der Waals surface area contributed by atoms with Gasteiger partial charge in [-0.15, -0.1) is 0 Å². The molecule has 0 aliphatic carbocycles. The lowest BCUT2D eigenvalue weighted by atomic mass is 10.2. The van der Waals surface area contributed by atoms with Crippen molar-refractivity contribution >= 4 is 35.6 Å². The van der Waals surface area contributed by atoms with Gasteiger partial charge in [0.15, 0.2) is 11.6 Å². The van der Waals surface area contributed by atoms with E-state index >= 15 is 0 Å². The van der Waals surface area contributed by atoms with Gasteiger partial charge in [-0.1, -0.05) is 0 Å². The van der Waals surface area contributed by atoms with Crippen molar-refractivity contribution in [3.63, 3.8) is 0 Å². The summed E-state index contributed by atoms with van der Waals surface area (Å²) in [5, 5.41) is 0. The number of halogens is 1. The normalized spacial score (nSPS) is 14.7. The van der Waals surface area contributed by atoms with Gasteiger partial charge in [0.2, 0.25) is 5.95 Å². The summed E-state index contributed by atoms with van der Waals surface area (Å²) < 4.78 is 24.9. The Bertz CT molecular complexity index is 1110. The highest BCUT2D eigenvalue weighted by Gasteiger charge is 2.17. The number of nitrogens with zero attached hydrogens (tertiary/aromatic N) is 6. The number of hydrogen-bond acceptors (Lipinski definition) is 10. The van der Waals surface area contributed by atoms with Gasteiger partial charge < -0.3 is 24.7 Å². The van der Waals surface area contributed by atoms with Crippen LogP contribution in [0.2, 0.25) is 0 Å². The molecule has 0 bridgehead atoms. The Morgan fingerprint density at radius 1 is 1.26 bits per heavy atom. The first-order valence-electron chi connectivity index (χ1n) is 11.0. The van der Waals surface area contributed by atoms with Crippen molar-refractivity contribution in [1.82, 2.24) is 15.4 Å². The molecule has 0 atom stereocenters. The SMILES string of the molecule is C=NC(C=CC(C)=Nc1cc(OC)cc(N(C)C)c1)=CNNc1ncc(F)c(N2CCOCC2)n1. The Morgan fingerprint density at radius 2 is 2.03 bits per heavy atom. The fourth-order valence-electron chi connectivity index (χ4n) is 3.19. The van der Waals surface area contributed by atoms with Gasteiger partial charge in [-0.05, 0) is 31.9 Å². The predicted molar refractivity (Wildman–Crippen MR) is 139 cm³/mol. The largest absolute Gasteiger partial charge is 0.497 e. The molecule has 1 aliphatic heterocycles. The lowest BCUT2D eigenvalue weighted by Gasteiger charge is -2.28. The fourth-order valence-corrected chi connectivity index (χ4v) is 3.19. The standard InChI is InChI=1S/C24H31FN8O2/c1-17(29-19-12-20(32(3)4)14-21(13-19)34-5)6-7-18(26-2)15-28-31-24-27-16-22(25)23(30-24)33-8-10-35-11-9-33/h6-7,12-16,28H,2,8-11H2,1,3-5H3,(H,27,30,31). The maximum absolute atomic E-state index is 14.2. The number of hydrogen-bond donors (Lipinski definition) is 2. The summed E-state index contributed by atoms with van der Waals surface area (Å²) in [4.78, 5) is 20.7. The second kappa shape index (κ2) is 12.5. The van der Waals surface area contributed by atoms with Crippen LogP contribution in [0.15, 0.2) is 58.4 Å². The van der Waals surface area contributed by atoms with Crippen LogP contribution in [-0.2, 0) is 4.74 Å². The number of anilines is 3. The Hall–Kier alpha value is -3.99. The summed E-state index contributed by atoms with van der Waals surface area (Å²) in [5.74, 6) is 0.715. The second-order valence-corrected chi connectivity index (χ2v) is 7.83. The Labute approximate surface area is 204 Å². The van der Waals surface area contributed by atoms with Crippen molar-refractivity contribution in [2.24, 2.45) is 9.98 Å². The molecule has 3 rings (SSSR count). The van der Waals surface area contributed by atoms with Gasteiger partial charge >= 0.3 is 0 Å². The zero-order valence-corrected chi connectivity index (χ0v) is 20.5. The highest BCUT2D eigenvalue weighted by Crippen LogP contribution is 2.28. The first-order chi connectivity index (χ1) is 16.9. The third-order valence-corrected chi connectivity index (χ3v) is 5.05. The van der Waals surface area contributed by atoms with Gasteiger partial charge in [0, 0.05) is 56.9 Å². The molecular formula is C24H31FN8O2. The first-order valence-corrected chi connectivity index (χ1v) is 11.0. The number of allylic oxidation sites excluding steroid dienone is 2. The van der Waals surface area contributed by atoms with Crippen molar-refractivity contribution in [2.75, 3.05) is 62.7 Å². The molecule has 1 aromatic heterocycles.